The quantitative estimate of drug-likeness (QED) is 0.220. The van der Waals surface area contributed by atoms with Gasteiger partial charge in [-0.1, -0.05) is 5.06 Å². The SMILES string of the molecule is CC(O)=CC(=O)N(C#N)Oc1ccc([N+](=O)[O-])cc1. The van der Waals surface area contributed by atoms with Crippen LogP contribution < -0.4 is 4.84 Å². The zero-order chi connectivity index (χ0) is 14.4. The molecule has 0 aliphatic rings. The maximum Gasteiger partial charge on any atom is 0.297 e. The number of carbonyl (C=O) groups excluding carboxylic acids is 1. The van der Waals surface area contributed by atoms with Gasteiger partial charge in [-0.15, -0.1) is 0 Å². The van der Waals surface area contributed by atoms with Crippen LogP contribution in [0.5, 0.6) is 5.75 Å². The molecule has 98 valence electrons. The Balaban J connectivity index is 2.82. The number of aliphatic hydroxyl groups excluding tert-OH is 1. The molecule has 1 rings (SSSR count). The van der Waals surface area contributed by atoms with Gasteiger partial charge in [0.15, 0.2) is 5.75 Å². The number of nitro benzene ring substituents is 1. The molecular weight excluding hydrogens is 254 g/mol. The van der Waals surface area contributed by atoms with E-state index < -0.39 is 10.8 Å². The van der Waals surface area contributed by atoms with Crippen LogP contribution in [0.25, 0.3) is 0 Å². The van der Waals surface area contributed by atoms with Gasteiger partial charge in [-0.2, -0.15) is 5.26 Å². The van der Waals surface area contributed by atoms with Gasteiger partial charge in [0.1, 0.15) is 0 Å². The maximum atomic E-state index is 11.4. The Kier molecular flexibility index (Phi) is 4.43. The summed E-state index contributed by atoms with van der Waals surface area (Å²) in [4.78, 5) is 26.1. The van der Waals surface area contributed by atoms with Crippen molar-refractivity contribution in [1.82, 2.24) is 5.06 Å². The lowest BCUT2D eigenvalue weighted by atomic mass is 10.3. The lowest BCUT2D eigenvalue weighted by Crippen LogP contribution is -2.28. The summed E-state index contributed by atoms with van der Waals surface area (Å²) in [7, 11) is 0. The van der Waals surface area contributed by atoms with Crippen molar-refractivity contribution in [2.45, 2.75) is 6.92 Å². The molecule has 0 unspecified atom stereocenters. The van der Waals surface area contributed by atoms with E-state index in [1.807, 2.05) is 0 Å². The normalized spacial score (nSPS) is 10.4. The monoisotopic (exact) mass is 263 g/mol. The van der Waals surface area contributed by atoms with E-state index in [0.717, 1.165) is 6.08 Å². The molecule has 0 spiro atoms. The number of benzene rings is 1. The summed E-state index contributed by atoms with van der Waals surface area (Å²) >= 11 is 0. The number of non-ortho nitro benzene ring substituents is 1. The summed E-state index contributed by atoms with van der Waals surface area (Å²) in [6, 6.07) is 4.82. The number of amides is 1. The Morgan fingerprint density at radius 3 is 2.53 bits per heavy atom. The first-order valence-electron chi connectivity index (χ1n) is 4.97. The van der Waals surface area contributed by atoms with E-state index in [2.05, 4.69) is 0 Å². The van der Waals surface area contributed by atoms with E-state index in [1.54, 1.807) is 0 Å². The van der Waals surface area contributed by atoms with Gasteiger partial charge in [-0.3, -0.25) is 14.9 Å². The molecule has 0 bridgehead atoms. The number of nitriles is 1. The van der Waals surface area contributed by atoms with Crippen LogP contribution in [-0.4, -0.2) is 21.0 Å². The van der Waals surface area contributed by atoms with Crippen molar-refractivity contribution in [2.75, 3.05) is 0 Å². The fourth-order valence-corrected chi connectivity index (χ4v) is 1.09. The molecule has 8 nitrogen and oxygen atoms in total. The maximum absolute atomic E-state index is 11.4. The summed E-state index contributed by atoms with van der Waals surface area (Å²) in [6.45, 7) is 1.26. The van der Waals surface area contributed by atoms with Crippen molar-refractivity contribution in [3.63, 3.8) is 0 Å². The highest BCUT2D eigenvalue weighted by molar-refractivity contribution is 5.88. The molecule has 0 heterocycles. The average Bonchev–Trinajstić information content (AvgIpc) is 2.35. The molecule has 8 heteroatoms. The van der Waals surface area contributed by atoms with Crippen LogP contribution in [0.4, 0.5) is 5.69 Å². The molecule has 0 aliphatic heterocycles. The van der Waals surface area contributed by atoms with Gasteiger partial charge in [0, 0.05) is 18.2 Å². The highest BCUT2D eigenvalue weighted by Gasteiger charge is 2.14. The topological polar surface area (TPSA) is 117 Å². The van der Waals surface area contributed by atoms with Gasteiger partial charge in [0.2, 0.25) is 6.19 Å². The number of nitrogens with zero attached hydrogens (tertiary/aromatic N) is 3. The molecule has 0 saturated carbocycles. The molecule has 1 N–H and O–H groups in total. The molecule has 0 aromatic heterocycles. The van der Waals surface area contributed by atoms with E-state index in [0.29, 0.717) is 5.06 Å². The Hall–Kier alpha value is -3.08. The van der Waals surface area contributed by atoms with Crippen LogP contribution in [0.3, 0.4) is 0 Å². The Bertz CT molecular complexity index is 555. The second-order valence-corrected chi connectivity index (χ2v) is 3.36. The first-order chi connectivity index (χ1) is 8.93. The second-order valence-electron chi connectivity index (χ2n) is 3.36. The molecule has 19 heavy (non-hydrogen) atoms. The zero-order valence-electron chi connectivity index (χ0n) is 9.81. The van der Waals surface area contributed by atoms with Gasteiger partial charge < -0.3 is 9.94 Å². The molecular formula is C11H9N3O5. The van der Waals surface area contributed by atoms with Crippen LogP contribution in [0.2, 0.25) is 0 Å². The smallest absolute Gasteiger partial charge is 0.297 e. The van der Waals surface area contributed by atoms with Crippen molar-refractivity contribution in [1.29, 1.82) is 5.26 Å². The molecule has 0 fully saturated rings. The number of allylic oxidation sites excluding steroid dienone is 1. The predicted molar refractivity (Wildman–Crippen MR) is 62.6 cm³/mol. The summed E-state index contributed by atoms with van der Waals surface area (Å²) in [5.41, 5.74) is -0.145. The van der Waals surface area contributed by atoms with Crippen molar-refractivity contribution >= 4 is 11.6 Å². The Morgan fingerprint density at radius 1 is 1.53 bits per heavy atom. The molecule has 0 atom stereocenters. The first-order valence-corrected chi connectivity index (χ1v) is 4.97. The Morgan fingerprint density at radius 2 is 2.11 bits per heavy atom. The van der Waals surface area contributed by atoms with Crippen LogP contribution >= 0.6 is 0 Å². The number of hydrogen-bond donors (Lipinski definition) is 1. The fraction of sp³-hybridized carbons (Fsp3) is 0.0909. The lowest BCUT2D eigenvalue weighted by Gasteiger charge is -2.11. The number of carbonyl (C=O) groups is 1. The third kappa shape index (κ3) is 4.01. The van der Waals surface area contributed by atoms with Crippen LogP contribution in [0.15, 0.2) is 36.1 Å². The standard InChI is InChI=1S/C11H9N3O5/c1-8(15)6-11(16)13(7-12)19-10-4-2-9(3-5-10)14(17)18/h2-6,15H,1H3. The minimum atomic E-state index is -0.874. The third-order valence-electron chi connectivity index (χ3n) is 1.87. The number of hydrogen-bond acceptors (Lipinski definition) is 6. The number of rotatable bonds is 4. The fourth-order valence-electron chi connectivity index (χ4n) is 1.09. The van der Waals surface area contributed by atoms with Gasteiger partial charge in [0.25, 0.3) is 11.6 Å². The largest absolute Gasteiger partial charge is 0.512 e. The van der Waals surface area contributed by atoms with E-state index >= 15 is 0 Å². The van der Waals surface area contributed by atoms with Gasteiger partial charge >= 0.3 is 0 Å². The summed E-state index contributed by atoms with van der Waals surface area (Å²) in [5, 5.41) is 28.4. The minimum absolute atomic E-state index is 0.0736. The molecule has 1 aromatic carbocycles. The molecule has 0 radical (unpaired) electrons. The zero-order valence-corrected chi connectivity index (χ0v) is 9.81. The third-order valence-corrected chi connectivity index (χ3v) is 1.87. The van der Waals surface area contributed by atoms with Crippen molar-refractivity contribution in [3.05, 3.63) is 46.2 Å². The highest BCUT2D eigenvalue weighted by atomic mass is 16.7. The predicted octanol–water partition coefficient (Wildman–Crippen LogP) is 1.66. The average molecular weight is 263 g/mol. The van der Waals surface area contributed by atoms with Gasteiger partial charge in [-0.05, 0) is 19.1 Å². The molecule has 1 amide bonds. The summed E-state index contributed by atoms with van der Waals surface area (Å²) in [6.07, 6.45) is 2.27. The van der Waals surface area contributed by atoms with Gasteiger partial charge in [0.05, 0.1) is 10.7 Å². The van der Waals surface area contributed by atoms with E-state index in [4.69, 9.17) is 15.2 Å². The van der Waals surface area contributed by atoms with E-state index in [9.17, 15) is 14.9 Å². The minimum Gasteiger partial charge on any atom is -0.512 e. The number of nitro groups is 1. The molecule has 1 aromatic rings. The van der Waals surface area contributed by atoms with Crippen molar-refractivity contribution < 1.29 is 19.7 Å². The summed E-state index contributed by atoms with van der Waals surface area (Å²) < 4.78 is 0. The summed E-state index contributed by atoms with van der Waals surface area (Å²) in [5.74, 6) is -1.08. The lowest BCUT2D eigenvalue weighted by molar-refractivity contribution is -0.384. The number of aliphatic hydroxyl groups is 1. The first kappa shape index (κ1) is 14.0. The van der Waals surface area contributed by atoms with E-state index in [-0.39, 0.29) is 17.2 Å². The van der Waals surface area contributed by atoms with Crippen molar-refractivity contribution in [3.8, 4) is 11.9 Å². The molecule has 0 saturated heterocycles. The second kappa shape index (κ2) is 6.02. The van der Waals surface area contributed by atoms with Crippen LogP contribution in [0, 0.1) is 21.6 Å². The van der Waals surface area contributed by atoms with Crippen LogP contribution in [-0.2, 0) is 4.79 Å². The van der Waals surface area contributed by atoms with Crippen LogP contribution in [0.1, 0.15) is 6.92 Å². The van der Waals surface area contributed by atoms with Crippen molar-refractivity contribution in [2.24, 2.45) is 0 Å². The molecule has 0 aliphatic carbocycles. The number of hydroxylamine groups is 2. The highest BCUT2D eigenvalue weighted by Crippen LogP contribution is 2.18. The Labute approximate surface area is 107 Å². The van der Waals surface area contributed by atoms with E-state index in [1.165, 1.54) is 37.4 Å². The van der Waals surface area contributed by atoms with Gasteiger partial charge in [-0.25, -0.2) is 0 Å².